The smallest absolute Gasteiger partial charge is 0.0701 e. The second-order valence-electron chi connectivity index (χ2n) is 2.76. The van der Waals surface area contributed by atoms with Crippen molar-refractivity contribution in [3.05, 3.63) is 0 Å². The van der Waals surface area contributed by atoms with Crippen molar-refractivity contribution in [3.63, 3.8) is 0 Å². The Kier molecular flexibility index (Phi) is 22.2. The summed E-state index contributed by atoms with van der Waals surface area (Å²) in [6.07, 6.45) is 0. The van der Waals surface area contributed by atoms with Crippen LogP contribution in [0, 0.1) is 0 Å². The maximum absolute atomic E-state index is 5.18. The van der Waals surface area contributed by atoms with Gasteiger partial charge >= 0.3 is 0 Å². The van der Waals surface area contributed by atoms with Crippen molar-refractivity contribution in [2.45, 2.75) is 13.8 Å². The van der Waals surface area contributed by atoms with E-state index < -0.39 is 0 Å². The number of ether oxygens (including phenoxy) is 2. The molecule has 0 spiro atoms. The SMILES string of the molecule is CCNCC.NCCOCCOCCN. The van der Waals surface area contributed by atoms with Gasteiger partial charge in [-0.05, 0) is 13.1 Å². The lowest BCUT2D eigenvalue weighted by molar-refractivity contribution is 0.0538. The molecule has 0 aromatic rings. The van der Waals surface area contributed by atoms with E-state index in [1.807, 2.05) is 0 Å². The van der Waals surface area contributed by atoms with Crippen molar-refractivity contribution in [1.82, 2.24) is 5.32 Å². The zero-order chi connectivity index (χ0) is 11.8. The lowest BCUT2D eigenvalue weighted by Gasteiger charge is -2.02. The van der Waals surface area contributed by atoms with Crippen molar-refractivity contribution < 1.29 is 9.47 Å². The van der Waals surface area contributed by atoms with Crippen molar-refractivity contribution in [3.8, 4) is 0 Å². The van der Waals surface area contributed by atoms with Gasteiger partial charge in [-0.2, -0.15) is 0 Å². The Morgan fingerprint density at radius 2 is 1.20 bits per heavy atom. The number of nitrogens with one attached hydrogen (secondary N) is 1. The molecule has 5 heteroatoms. The Morgan fingerprint density at radius 3 is 1.40 bits per heavy atom. The second kappa shape index (κ2) is 19.4. The summed E-state index contributed by atoms with van der Waals surface area (Å²) in [5.74, 6) is 0. The molecular weight excluding hydrogens is 194 g/mol. The average Bonchev–Trinajstić information content (AvgIpc) is 2.25. The van der Waals surface area contributed by atoms with E-state index in [9.17, 15) is 0 Å². The molecule has 0 aromatic heterocycles. The van der Waals surface area contributed by atoms with Crippen molar-refractivity contribution >= 4 is 0 Å². The van der Waals surface area contributed by atoms with E-state index in [1.165, 1.54) is 0 Å². The fourth-order valence-electron chi connectivity index (χ4n) is 0.739. The summed E-state index contributed by atoms with van der Waals surface area (Å²) in [4.78, 5) is 0. The molecule has 0 bridgehead atoms. The average molecular weight is 221 g/mol. The quantitative estimate of drug-likeness (QED) is 0.460. The van der Waals surface area contributed by atoms with Crippen LogP contribution in [0.3, 0.4) is 0 Å². The highest BCUT2D eigenvalue weighted by Crippen LogP contribution is 1.75. The normalized spacial score (nSPS) is 9.60. The molecule has 15 heavy (non-hydrogen) atoms. The van der Waals surface area contributed by atoms with Crippen molar-refractivity contribution in [2.75, 3.05) is 52.6 Å². The van der Waals surface area contributed by atoms with Crippen LogP contribution >= 0.6 is 0 Å². The van der Waals surface area contributed by atoms with E-state index in [4.69, 9.17) is 20.9 Å². The van der Waals surface area contributed by atoms with Gasteiger partial charge in [0.25, 0.3) is 0 Å². The van der Waals surface area contributed by atoms with E-state index in [2.05, 4.69) is 19.2 Å². The molecule has 0 atom stereocenters. The van der Waals surface area contributed by atoms with E-state index in [0.717, 1.165) is 13.1 Å². The van der Waals surface area contributed by atoms with Crippen molar-refractivity contribution in [2.24, 2.45) is 11.5 Å². The summed E-state index contributed by atoms with van der Waals surface area (Å²) in [5, 5.41) is 3.11. The molecule has 5 N–H and O–H groups in total. The minimum atomic E-state index is 0.566. The number of hydrogen-bond acceptors (Lipinski definition) is 5. The van der Waals surface area contributed by atoms with Gasteiger partial charge < -0.3 is 26.3 Å². The fourth-order valence-corrected chi connectivity index (χ4v) is 0.739. The maximum Gasteiger partial charge on any atom is 0.0701 e. The van der Waals surface area contributed by atoms with E-state index in [1.54, 1.807) is 0 Å². The van der Waals surface area contributed by atoms with Crippen LogP contribution in [0.15, 0.2) is 0 Å². The fraction of sp³-hybridized carbons (Fsp3) is 1.00. The summed E-state index contributed by atoms with van der Waals surface area (Å²) in [6.45, 7) is 9.94. The van der Waals surface area contributed by atoms with Crippen LogP contribution in [-0.4, -0.2) is 52.6 Å². The molecule has 0 rings (SSSR count). The summed E-state index contributed by atoms with van der Waals surface area (Å²) in [5.41, 5.74) is 10.4. The third-order valence-corrected chi connectivity index (χ3v) is 1.40. The van der Waals surface area contributed by atoms with Crippen molar-refractivity contribution in [1.29, 1.82) is 0 Å². The van der Waals surface area contributed by atoms with Crippen LogP contribution in [0.2, 0.25) is 0 Å². The highest BCUT2D eigenvalue weighted by molar-refractivity contribution is 4.34. The summed E-state index contributed by atoms with van der Waals surface area (Å²) in [6, 6.07) is 0. The zero-order valence-electron chi connectivity index (χ0n) is 10.1. The van der Waals surface area contributed by atoms with Crippen LogP contribution in [0.1, 0.15) is 13.8 Å². The van der Waals surface area contributed by atoms with Gasteiger partial charge in [0.15, 0.2) is 0 Å². The van der Waals surface area contributed by atoms with Gasteiger partial charge in [0.2, 0.25) is 0 Å². The first kappa shape index (κ1) is 17.2. The van der Waals surface area contributed by atoms with Gasteiger partial charge in [-0.15, -0.1) is 0 Å². The van der Waals surface area contributed by atoms with Crippen LogP contribution < -0.4 is 16.8 Å². The molecule has 0 unspecified atom stereocenters. The molecule has 5 nitrogen and oxygen atoms in total. The van der Waals surface area contributed by atoms with Gasteiger partial charge in [-0.3, -0.25) is 0 Å². The van der Waals surface area contributed by atoms with Gasteiger partial charge in [0.1, 0.15) is 0 Å². The topological polar surface area (TPSA) is 82.5 Å². The molecule has 0 heterocycles. The molecule has 0 aliphatic heterocycles. The molecule has 0 aliphatic rings. The lowest BCUT2D eigenvalue weighted by atomic mass is 10.7. The molecule has 94 valence electrons. The van der Waals surface area contributed by atoms with Crippen LogP contribution in [-0.2, 0) is 9.47 Å². The van der Waals surface area contributed by atoms with Crippen LogP contribution in [0.5, 0.6) is 0 Å². The lowest BCUT2D eigenvalue weighted by Crippen LogP contribution is -2.14. The Bertz CT molecular complexity index is 84.7. The molecule has 0 fully saturated rings. The maximum atomic E-state index is 5.18. The molecular formula is C10H27N3O2. The van der Waals surface area contributed by atoms with Gasteiger partial charge in [-0.25, -0.2) is 0 Å². The summed E-state index contributed by atoms with van der Waals surface area (Å²) < 4.78 is 10.1. The van der Waals surface area contributed by atoms with E-state index in [-0.39, 0.29) is 0 Å². The summed E-state index contributed by atoms with van der Waals surface area (Å²) in [7, 11) is 0. The number of hydrogen-bond donors (Lipinski definition) is 3. The first-order chi connectivity index (χ1) is 7.33. The molecule has 0 aromatic carbocycles. The first-order valence-corrected chi connectivity index (χ1v) is 5.59. The predicted molar refractivity (Wildman–Crippen MR) is 64.0 cm³/mol. The summed E-state index contributed by atoms with van der Waals surface area (Å²) >= 11 is 0. The van der Waals surface area contributed by atoms with Gasteiger partial charge in [-0.1, -0.05) is 13.8 Å². The first-order valence-electron chi connectivity index (χ1n) is 5.59. The van der Waals surface area contributed by atoms with E-state index in [0.29, 0.717) is 39.5 Å². The number of nitrogens with two attached hydrogens (primary N) is 2. The molecule has 0 saturated heterocycles. The van der Waals surface area contributed by atoms with E-state index >= 15 is 0 Å². The molecule has 0 saturated carbocycles. The Hall–Kier alpha value is -0.200. The number of rotatable bonds is 9. The molecule has 0 amide bonds. The third kappa shape index (κ3) is 24.8. The van der Waals surface area contributed by atoms with Crippen LogP contribution in [0.25, 0.3) is 0 Å². The standard InChI is InChI=1S/C6H16N2O2.C4H11N/c7-1-3-9-5-6-10-4-2-8;1-3-5-4-2/h1-8H2;5H,3-4H2,1-2H3. The zero-order valence-corrected chi connectivity index (χ0v) is 10.1. The minimum Gasteiger partial charge on any atom is -0.378 e. The monoisotopic (exact) mass is 221 g/mol. The highest BCUT2D eigenvalue weighted by atomic mass is 16.5. The Balaban J connectivity index is 0. The minimum absolute atomic E-state index is 0.566. The largest absolute Gasteiger partial charge is 0.378 e. The molecule has 0 radical (unpaired) electrons. The van der Waals surface area contributed by atoms with Gasteiger partial charge in [0.05, 0.1) is 26.4 Å². The molecule has 0 aliphatic carbocycles. The highest BCUT2D eigenvalue weighted by Gasteiger charge is 1.85. The van der Waals surface area contributed by atoms with Crippen LogP contribution in [0.4, 0.5) is 0 Å². The van der Waals surface area contributed by atoms with Gasteiger partial charge in [0, 0.05) is 13.1 Å². The Morgan fingerprint density at radius 1 is 0.800 bits per heavy atom. The Labute approximate surface area is 93.5 Å². The second-order valence-corrected chi connectivity index (χ2v) is 2.76. The third-order valence-electron chi connectivity index (χ3n) is 1.40. The predicted octanol–water partition coefficient (Wildman–Crippen LogP) is -0.447.